The predicted octanol–water partition coefficient (Wildman–Crippen LogP) is 6.31. The topological polar surface area (TPSA) is 99.1 Å². The lowest BCUT2D eigenvalue weighted by Crippen LogP contribution is -2.21. The summed E-state index contributed by atoms with van der Waals surface area (Å²) in [7, 11) is 0. The molecule has 3 aromatic rings. The molecule has 1 aromatic heterocycles. The Balaban J connectivity index is 1.54. The van der Waals surface area contributed by atoms with Gasteiger partial charge in [0.2, 0.25) is 0 Å². The Hall–Kier alpha value is -5.07. The Kier molecular flexibility index (Phi) is 6.90. The fraction of sp³-hybridized carbons (Fsp3) is 0.205. The summed E-state index contributed by atoms with van der Waals surface area (Å²) in [5, 5.41) is 11.9. The number of benzene rings is 2. The summed E-state index contributed by atoms with van der Waals surface area (Å²) in [5.74, 6) is 0.156. The molecule has 0 unspecified atom stereocenters. The number of aromatic nitrogens is 1. The third kappa shape index (κ3) is 5.21. The van der Waals surface area contributed by atoms with Crippen molar-refractivity contribution in [3.8, 4) is 0 Å². The number of aryl methyl sites for hydroxylation is 3. The van der Waals surface area contributed by atoms with Crippen LogP contribution in [0.2, 0.25) is 0 Å². The average molecular weight is 592 g/mol. The number of hydrogen-bond donors (Lipinski definition) is 3. The van der Waals surface area contributed by atoms with E-state index in [-0.39, 0.29) is 17.7 Å². The largest absolute Gasteiger partial charge is 0.510 e. The molecule has 0 saturated heterocycles. The minimum atomic E-state index is -0.118. The van der Waals surface area contributed by atoms with E-state index in [1.807, 2.05) is 30.3 Å². The van der Waals surface area contributed by atoms with E-state index in [2.05, 4.69) is 94.2 Å². The van der Waals surface area contributed by atoms with Gasteiger partial charge >= 0.3 is 0 Å². The van der Waals surface area contributed by atoms with Crippen molar-refractivity contribution < 1.29 is 5.11 Å². The number of aliphatic hydroxyl groups is 1. The molecule has 0 radical (unpaired) electrons. The zero-order chi connectivity index (χ0) is 31.5. The highest BCUT2D eigenvalue weighted by Crippen LogP contribution is 2.39. The summed E-state index contributed by atoms with van der Waals surface area (Å²) < 4.78 is 0. The van der Waals surface area contributed by atoms with Crippen molar-refractivity contribution in [1.29, 1.82) is 0 Å². The van der Waals surface area contributed by atoms with Gasteiger partial charge in [0.1, 0.15) is 5.76 Å². The molecule has 8 bridgehead atoms. The van der Waals surface area contributed by atoms with Gasteiger partial charge in [-0.3, -0.25) is 4.99 Å². The van der Waals surface area contributed by atoms with E-state index in [1.165, 1.54) is 22.3 Å². The van der Waals surface area contributed by atoms with Gasteiger partial charge in [-0.25, -0.2) is 9.98 Å². The number of aromatic amines is 1. The summed E-state index contributed by atoms with van der Waals surface area (Å²) in [6, 6.07) is 16.5. The van der Waals surface area contributed by atoms with Crippen LogP contribution in [0, 0.1) is 26.2 Å². The van der Waals surface area contributed by atoms with E-state index < -0.39 is 0 Å². The molecule has 0 fully saturated rings. The number of aliphatic hydroxyl groups excluding tert-OH is 1. The normalized spacial score (nSPS) is 18.2. The summed E-state index contributed by atoms with van der Waals surface area (Å²) in [5.41, 5.74) is 19.9. The number of aliphatic imine (C=N–C) groups is 3. The van der Waals surface area contributed by atoms with Crippen LogP contribution >= 0.6 is 0 Å². The molecular formula is C39H37N5O. The summed E-state index contributed by atoms with van der Waals surface area (Å²) in [6.07, 6.45) is 13.4. The van der Waals surface area contributed by atoms with Crippen LogP contribution in [-0.4, -0.2) is 33.8 Å². The third-order valence-corrected chi connectivity index (χ3v) is 8.86. The Bertz CT molecular complexity index is 2130. The van der Waals surface area contributed by atoms with E-state index in [9.17, 15) is 5.11 Å². The fourth-order valence-electron chi connectivity index (χ4n) is 6.75. The molecule has 6 heteroatoms. The zero-order valence-electron chi connectivity index (χ0n) is 26.4. The minimum Gasteiger partial charge on any atom is -0.510 e. The first-order valence-electron chi connectivity index (χ1n) is 15.4. The Morgan fingerprint density at radius 1 is 0.844 bits per heavy atom. The lowest BCUT2D eigenvalue weighted by Gasteiger charge is -2.17. The number of rotatable bonds is 2. The maximum Gasteiger partial charge on any atom is 0.113 e. The zero-order valence-corrected chi connectivity index (χ0v) is 26.4. The SMILES string of the molecule is Cc1cc(C)c(C2=C3C=CC(=N3)C(=c3ccc(=C(O)CN)cc3)C3=NC(=CC4=NC(=Cc5ccc2[nH]5)CC4(C)C)C=C3)c(C)c1. The van der Waals surface area contributed by atoms with Gasteiger partial charge in [-0.2, -0.15) is 0 Å². The smallest absolute Gasteiger partial charge is 0.113 e. The van der Waals surface area contributed by atoms with Crippen molar-refractivity contribution in [3.63, 3.8) is 0 Å². The van der Waals surface area contributed by atoms with Crippen LogP contribution < -0.4 is 16.2 Å². The molecule has 0 aliphatic carbocycles. The molecule has 45 heavy (non-hydrogen) atoms. The molecule has 0 amide bonds. The van der Waals surface area contributed by atoms with E-state index in [1.54, 1.807) is 0 Å². The van der Waals surface area contributed by atoms with Crippen molar-refractivity contribution in [3.05, 3.63) is 140 Å². The maximum absolute atomic E-state index is 10.3. The number of H-pyrrole nitrogens is 1. The van der Waals surface area contributed by atoms with Crippen molar-refractivity contribution >= 4 is 40.1 Å². The highest BCUT2D eigenvalue weighted by atomic mass is 16.3. The molecule has 2 aromatic carbocycles. The van der Waals surface area contributed by atoms with Gasteiger partial charge in [0.05, 0.1) is 29.4 Å². The Labute approximate surface area is 263 Å². The van der Waals surface area contributed by atoms with Crippen molar-refractivity contribution in [2.24, 2.45) is 26.1 Å². The number of nitrogens with two attached hydrogens (primary N) is 1. The van der Waals surface area contributed by atoms with E-state index in [4.69, 9.17) is 20.7 Å². The van der Waals surface area contributed by atoms with Crippen LogP contribution in [-0.2, 0) is 0 Å². The van der Waals surface area contributed by atoms with Crippen molar-refractivity contribution in [1.82, 2.24) is 4.98 Å². The first-order valence-corrected chi connectivity index (χ1v) is 15.4. The second-order valence-electron chi connectivity index (χ2n) is 12.9. The molecule has 0 atom stereocenters. The second-order valence-corrected chi connectivity index (χ2v) is 12.9. The highest BCUT2D eigenvalue weighted by Gasteiger charge is 2.32. The van der Waals surface area contributed by atoms with Crippen molar-refractivity contribution in [2.75, 3.05) is 6.54 Å². The third-order valence-electron chi connectivity index (χ3n) is 8.86. The van der Waals surface area contributed by atoms with Crippen LogP contribution in [0.4, 0.5) is 0 Å². The molecule has 224 valence electrons. The molecule has 7 rings (SSSR count). The fourth-order valence-corrected chi connectivity index (χ4v) is 6.75. The minimum absolute atomic E-state index is 0.0847. The summed E-state index contributed by atoms with van der Waals surface area (Å²) >= 11 is 0. The van der Waals surface area contributed by atoms with Gasteiger partial charge in [-0.05, 0) is 91.3 Å². The molecule has 4 N–H and O–H groups in total. The van der Waals surface area contributed by atoms with Gasteiger partial charge < -0.3 is 15.8 Å². The molecule has 0 saturated carbocycles. The van der Waals surface area contributed by atoms with Crippen molar-refractivity contribution in [2.45, 2.75) is 41.0 Å². The number of hydrogen-bond acceptors (Lipinski definition) is 5. The summed E-state index contributed by atoms with van der Waals surface area (Å²) in [6.45, 7) is 11.0. The van der Waals surface area contributed by atoms with Gasteiger partial charge in [-0.15, -0.1) is 0 Å². The van der Waals surface area contributed by atoms with E-state index in [0.29, 0.717) is 5.22 Å². The number of nitrogens with one attached hydrogen (secondary N) is 1. The van der Waals surface area contributed by atoms with E-state index in [0.717, 1.165) is 68.4 Å². The molecule has 6 nitrogen and oxygen atoms in total. The van der Waals surface area contributed by atoms with Crippen LogP contribution in [0.1, 0.15) is 53.9 Å². The molecule has 4 aliphatic heterocycles. The Morgan fingerprint density at radius 2 is 1.56 bits per heavy atom. The Morgan fingerprint density at radius 3 is 2.29 bits per heavy atom. The van der Waals surface area contributed by atoms with Gasteiger partial charge in [-0.1, -0.05) is 55.8 Å². The molecule has 0 spiro atoms. The van der Waals surface area contributed by atoms with Crippen LogP contribution in [0.25, 0.3) is 23.0 Å². The first kappa shape index (κ1) is 28.7. The van der Waals surface area contributed by atoms with Crippen LogP contribution in [0.15, 0.2) is 111 Å². The first-order chi connectivity index (χ1) is 21.6. The predicted molar refractivity (Wildman–Crippen MR) is 187 cm³/mol. The standard InChI is InChI=1S/C39H37N5O/c1-22-16-23(2)36(24(3)17-22)38-32-13-10-27(41-32)18-29-20-39(4,5)35(43-29)19-28-11-12-30(42-28)37(31-14-15-33(38)44-31)26-8-6-25(7-9-26)34(45)21-40/h6-19,41,45H,20-21,40H2,1-5H3. The van der Waals surface area contributed by atoms with Crippen LogP contribution in [0.5, 0.6) is 0 Å². The van der Waals surface area contributed by atoms with E-state index >= 15 is 0 Å². The van der Waals surface area contributed by atoms with Gasteiger partial charge in [0.15, 0.2) is 0 Å². The second kappa shape index (κ2) is 10.8. The number of fused-ring (bicyclic) bond motifs is 5. The van der Waals surface area contributed by atoms with Crippen LogP contribution in [0.3, 0.4) is 0 Å². The molecular weight excluding hydrogens is 554 g/mol. The highest BCUT2D eigenvalue weighted by molar-refractivity contribution is 6.51. The monoisotopic (exact) mass is 591 g/mol. The number of allylic oxidation sites excluding steroid dienone is 6. The van der Waals surface area contributed by atoms with Gasteiger partial charge in [0.25, 0.3) is 0 Å². The maximum atomic E-state index is 10.3. The summed E-state index contributed by atoms with van der Waals surface area (Å²) in [4.78, 5) is 19.2. The molecule has 5 heterocycles. The average Bonchev–Trinajstić information content (AvgIpc) is 3.80. The lowest BCUT2D eigenvalue weighted by atomic mass is 9.85. The molecule has 4 aliphatic rings. The quantitative estimate of drug-likeness (QED) is 0.326. The van der Waals surface area contributed by atoms with Gasteiger partial charge in [0, 0.05) is 51.0 Å². The lowest BCUT2D eigenvalue weighted by molar-refractivity contribution is 0.490. The number of nitrogens with zero attached hydrogens (tertiary/aromatic N) is 3.